The summed E-state index contributed by atoms with van der Waals surface area (Å²) in [6, 6.07) is 19.1. The smallest absolute Gasteiger partial charge is 0.328 e. The molecule has 1 fully saturated rings. The summed E-state index contributed by atoms with van der Waals surface area (Å²) in [6.45, 7) is 1.12. The topological polar surface area (TPSA) is 93.6 Å². The molecule has 2 aromatic carbocycles. The molecule has 4 atom stereocenters. The Morgan fingerprint density at radius 3 is 2.28 bits per heavy atom. The minimum Gasteiger partial charge on any atom is -0.390 e. The van der Waals surface area contributed by atoms with Crippen molar-refractivity contribution in [3.8, 4) is 0 Å². The quantitative estimate of drug-likeness (QED) is 0.423. The van der Waals surface area contributed by atoms with Gasteiger partial charge in [-0.25, -0.2) is 4.79 Å². The molecule has 1 saturated carbocycles. The van der Waals surface area contributed by atoms with E-state index in [2.05, 4.69) is 4.98 Å². The Bertz CT molecular complexity index is 1130. The van der Waals surface area contributed by atoms with Crippen molar-refractivity contribution in [3.05, 3.63) is 102 Å². The third kappa shape index (κ3) is 5.37. The summed E-state index contributed by atoms with van der Waals surface area (Å²) in [7, 11) is 0. The van der Waals surface area contributed by atoms with Crippen molar-refractivity contribution in [3.63, 3.8) is 0 Å². The molecule has 0 bridgehead atoms. The second-order valence-electron chi connectivity index (χ2n) is 7.94. The zero-order chi connectivity index (χ0) is 22.5. The third-order valence-corrected chi connectivity index (χ3v) is 6.56. The summed E-state index contributed by atoms with van der Waals surface area (Å²) in [6.07, 6.45) is 0.778. The van der Waals surface area contributed by atoms with Gasteiger partial charge < -0.3 is 14.6 Å². The van der Waals surface area contributed by atoms with Gasteiger partial charge in [0.1, 0.15) is 0 Å². The summed E-state index contributed by atoms with van der Waals surface area (Å²) in [4.78, 5) is 26.5. The zero-order valence-electron chi connectivity index (χ0n) is 17.4. The number of aromatic amines is 1. The van der Waals surface area contributed by atoms with Gasteiger partial charge in [-0.1, -0.05) is 60.7 Å². The number of nitrogens with zero attached hydrogens (tertiary/aromatic N) is 1. The monoisotopic (exact) mass is 548 g/mol. The van der Waals surface area contributed by atoms with E-state index >= 15 is 0 Å². The molecule has 4 rings (SSSR count). The number of hydrogen-bond acceptors (Lipinski definition) is 5. The van der Waals surface area contributed by atoms with Gasteiger partial charge in [0, 0.05) is 12.1 Å². The third-order valence-electron chi connectivity index (χ3n) is 5.79. The molecule has 1 aliphatic carbocycles. The molecule has 0 saturated heterocycles. The highest BCUT2D eigenvalue weighted by Crippen LogP contribution is 2.37. The molecule has 0 radical (unpaired) electrons. The van der Waals surface area contributed by atoms with Gasteiger partial charge in [-0.3, -0.25) is 14.3 Å². The predicted octanol–water partition coefficient (Wildman–Crippen LogP) is 2.87. The van der Waals surface area contributed by atoms with Crippen molar-refractivity contribution in [1.82, 2.24) is 9.55 Å². The SMILES string of the molecule is O=c1[nH]c(=O)n(C2CC(OCc3ccccc3)C(COCc3ccccc3)C2O)cc1I. The van der Waals surface area contributed by atoms with Crippen molar-refractivity contribution in [2.24, 2.45) is 5.92 Å². The normalized spacial score (nSPS) is 22.8. The maximum Gasteiger partial charge on any atom is 0.328 e. The van der Waals surface area contributed by atoms with Crippen LogP contribution >= 0.6 is 22.6 Å². The molecule has 0 aliphatic heterocycles. The largest absolute Gasteiger partial charge is 0.390 e. The average Bonchev–Trinajstić information content (AvgIpc) is 3.11. The molecule has 7 nitrogen and oxygen atoms in total. The number of hydrogen-bond donors (Lipinski definition) is 2. The molecule has 1 aromatic heterocycles. The van der Waals surface area contributed by atoms with E-state index in [1.165, 1.54) is 10.8 Å². The number of rotatable bonds is 8. The van der Waals surface area contributed by atoms with E-state index in [1.54, 1.807) is 0 Å². The van der Waals surface area contributed by atoms with Crippen LogP contribution in [-0.2, 0) is 22.7 Å². The fraction of sp³-hybridized carbons (Fsp3) is 0.333. The van der Waals surface area contributed by atoms with E-state index in [4.69, 9.17) is 9.47 Å². The lowest BCUT2D eigenvalue weighted by molar-refractivity contribution is -0.0476. The Kier molecular flexibility index (Phi) is 7.56. The Morgan fingerprint density at radius 2 is 1.62 bits per heavy atom. The van der Waals surface area contributed by atoms with Crippen LogP contribution in [0.4, 0.5) is 0 Å². The van der Waals surface area contributed by atoms with E-state index in [0.717, 1.165) is 11.1 Å². The van der Waals surface area contributed by atoms with Crippen LogP contribution in [0.15, 0.2) is 76.4 Å². The first kappa shape index (κ1) is 22.9. The van der Waals surface area contributed by atoms with Gasteiger partial charge in [-0.2, -0.15) is 0 Å². The number of aromatic nitrogens is 2. The van der Waals surface area contributed by atoms with Gasteiger partial charge in [0.15, 0.2) is 0 Å². The van der Waals surface area contributed by atoms with Crippen molar-refractivity contribution >= 4 is 22.6 Å². The molecule has 1 aliphatic rings. The number of H-pyrrole nitrogens is 1. The van der Waals surface area contributed by atoms with Crippen LogP contribution in [0.3, 0.4) is 0 Å². The van der Waals surface area contributed by atoms with E-state index in [1.807, 2.05) is 83.3 Å². The predicted molar refractivity (Wildman–Crippen MR) is 128 cm³/mol. The number of halogens is 1. The van der Waals surface area contributed by atoms with Crippen molar-refractivity contribution < 1.29 is 14.6 Å². The fourth-order valence-electron chi connectivity index (χ4n) is 4.10. The van der Waals surface area contributed by atoms with Gasteiger partial charge in [0.05, 0.1) is 41.6 Å². The average molecular weight is 548 g/mol. The van der Waals surface area contributed by atoms with Crippen LogP contribution in [0.5, 0.6) is 0 Å². The molecule has 8 heteroatoms. The molecule has 0 spiro atoms. The molecule has 168 valence electrons. The van der Waals surface area contributed by atoms with E-state index < -0.39 is 23.4 Å². The zero-order valence-corrected chi connectivity index (χ0v) is 19.6. The number of aliphatic hydroxyl groups excluding tert-OH is 1. The first-order valence-electron chi connectivity index (χ1n) is 10.5. The first-order valence-corrected chi connectivity index (χ1v) is 11.6. The summed E-state index contributed by atoms with van der Waals surface area (Å²) in [5.41, 5.74) is 1.11. The molecular formula is C24H25IN2O5. The highest BCUT2D eigenvalue weighted by atomic mass is 127. The Hall–Kier alpha value is -2.27. The Morgan fingerprint density at radius 1 is 1.00 bits per heavy atom. The van der Waals surface area contributed by atoms with E-state index in [-0.39, 0.29) is 12.0 Å². The number of nitrogens with one attached hydrogen (secondary N) is 1. The van der Waals surface area contributed by atoms with Crippen molar-refractivity contribution in [1.29, 1.82) is 0 Å². The van der Waals surface area contributed by atoms with Crippen LogP contribution in [0, 0.1) is 9.49 Å². The molecule has 4 unspecified atom stereocenters. The van der Waals surface area contributed by atoms with Gasteiger partial charge in [-0.15, -0.1) is 0 Å². The molecule has 1 heterocycles. The molecule has 2 N–H and O–H groups in total. The molecule has 32 heavy (non-hydrogen) atoms. The highest BCUT2D eigenvalue weighted by Gasteiger charge is 2.44. The Balaban J connectivity index is 1.51. The van der Waals surface area contributed by atoms with E-state index in [0.29, 0.717) is 29.8 Å². The van der Waals surface area contributed by atoms with Gasteiger partial charge in [0.2, 0.25) is 0 Å². The highest BCUT2D eigenvalue weighted by molar-refractivity contribution is 14.1. The lowest BCUT2D eigenvalue weighted by atomic mass is 10.0. The number of ether oxygens (including phenoxy) is 2. The first-order chi connectivity index (χ1) is 15.5. The lowest BCUT2D eigenvalue weighted by Gasteiger charge is -2.23. The maximum absolute atomic E-state index is 12.4. The summed E-state index contributed by atoms with van der Waals surface area (Å²) < 4.78 is 13.9. The summed E-state index contributed by atoms with van der Waals surface area (Å²) in [5, 5.41) is 11.1. The van der Waals surface area contributed by atoms with Crippen LogP contribution in [-0.4, -0.2) is 33.5 Å². The van der Waals surface area contributed by atoms with Crippen LogP contribution in [0.2, 0.25) is 0 Å². The standard InChI is InChI=1S/C24H25IN2O5/c25-19-12-27(24(30)26-23(19)29)20-11-21(32-14-17-9-5-2-6-10-17)18(22(20)28)15-31-13-16-7-3-1-4-8-16/h1-10,12,18,20-22,28H,11,13-15H2,(H,26,29,30). The number of aliphatic hydroxyl groups is 1. The second-order valence-corrected chi connectivity index (χ2v) is 9.10. The van der Waals surface area contributed by atoms with Gasteiger partial charge >= 0.3 is 5.69 Å². The second kappa shape index (κ2) is 10.6. The maximum atomic E-state index is 12.4. The molecule has 3 aromatic rings. The Labute approximate surface area is 199 Å². The van der Waals surface area contributed by atoms with Crippen LogP contribution in [0.1, 0.15) is 23.6 Å². The van der Waals surface area contributed by atoms with Crippen LogP contribution in [0.25, 0.3) is 0 Å². The number of benzene rings is 2. The minimum atomic E-state index is -0.856. The van der Waals surface area contributed by atoms with Crippen molar-refractivity contribution in [2.75, 3.05) is 6.61 Å². The minimum absolute atomic E-state index is 0.293. The van der Waals surface area contributed by atoms with Crippen LogP contribution < -0.4 is 11.2 Å². The summed E-state index contributed by atoms with van der Waals surface area (Å²) in [5.74, 6) is -0.316. The summed E-state index contributed by atoms with van der Waals surface area (Å²) >= 11 is 1.88. The molecular weight excluding hydrogens is 523 g/mol. The van der Waals surface area contributed by atoms with E-state index in [9.17, 15) is 14.7 Å². The fourth-order valence-corrected chi connectivity index (χ4v) is 4.54. The lowest BCUT2D eigenvalue weighted by Crippen LogP contribution is -2.37. The van der Waals surface area contributed by atoms with Gasteiger partial charge in [0.25, 0.3) is 5.56 Å². The van der Waals surface area contributed by atoms with Gasteiger partial charge in [-0.05, 0) is 40.1 Å². The van der Waals surface area contributed by atoms with Crippen molar-refractivity contribution in [2.45, 2.75) is 37.9 Å². The molecule has 0 amide bonds.